The zero-order valence-corrected chi connectivity index (χ0v) is 10.2. The normalized spacial score (nSPS) is 24.9. The Morgan fingerprint density at radius 1 is 1.31 bits per heavy atom. The molecule has 0 saturated heterocycles. The van der Waals surface area contributed by atoms with E-state index >= 15 is 0 Å². The van der Waals surface area contributed by atoms with E-state index < -0.39 is 0 Å². The Kier molecular flexibility index (Phi) is 3.62. The van der Waals surface area contributed by atoms with Gasteiger partial charge in [-0.1, -0.05) is 23.8 Å². The van der Waals surface area contributed by atoms with Gasteiger partial charge in [0.25, 0.3) is 0 Å². The van der Waals surface area contributed by atoms with E-state index in [1.165, 1.54) is 23.1 Å². The summed E-state index contributed by atoms with van der Waals surface area (Å²) in [5.41, 5.74) is 9.87. The lowest BCUT2D eigenvalue weighted by Gasteiger charge is -2.17. The van der Waals surface area contributed by atoms with Gasteiger partial charge in [-0.3, -0.25) is 0 Å². The smallest absolute Gasteiger partial charge is 0.0730 e. The molecule has 0 amide bonds. The first-order valence-electron chi connectivity index (χ1n) is 6.10. The van der Waals surface area contributed by atoms with E-state index in [1.807, 2.05) is 0 Å². The van der Waals surface area contributed by atoms with E-state index in [4.69, 9.17) is 10.5 Å². The molecule has 0 bridgehead atoms. The third-order valence-electron chi connectivity index (χ3n) is 3.46. The molecule has 0 heterocycles. The van der Waals surface area contributed by atoms with Crippen molar-refractivity contribution >= 4 is 0 Å². The van der Waals surface area contributed by atoms with E-state index in [-0.39, 0.29) is 12.1 Å². The fraction of sp³-hybridized carbons (Fsp3) is 0.571. The number of benzene rings is 1. The second-order valence-corrected chi connectivity index (χ2v) is 4.87. The predicted octanol–water partition coefficient (Wildman–Crippen LogP) is 2.70. The molecule has 1 fully saturated rings. The summed E-state index contributed by atoms with van der Waals surface area (Å²) in [7, 11) is 0. The van der Waals surface area contributed by atoms with Crippen molar-refractivity contribution in [2.24, 2.45) is 5.73 Å². The number of hydrogen-bond donors (Lipinski definition) is 1. The Labute approximate surface area is 97.8 Å². The number of aryl methyl sites for hydroxylation is 2. The SMILES string of the molecule is Cc1ccc(C)c(COC2CCCC2N)c1. The highest BCUT2D eigenvalue weighted by molar-refractivity contribution is 5.29. The second kappa shape index (κ2) is 4.98. The summed E-state index contributed by atoms with van der Waals surface area (Å²) in [6.07, 6.45) is 3.70. The molecule has 1 aromatic carbocycles. The summed E-state index contributed by atoms with van der Waals surface area (Å²) in [5.74, 6) is 0. The van der Waals surface area contributed by atoms with Crippen LogP contribution in [0.3, 0.4) is 0 Å². The van der Waals surface area contributed by atoms with E-state index in [2.05, 4.69) is 32.0 Å². The molecule has 1 saturated carbocycles. The Morgan fingerprint density at radius 3 is 2.81 bits per heavy atom. The standard InChI is InChI=1S/C14H21NO/c1-10-6-7-11(2)12(8-10)9-16-14-5-3-4-13(14)15/h6-8,13-14H,3-5,9,15H2,1-2H3. The Balaban J connectivity index is 1.96. The topological polar surface area (TPSA) is 35.2 Å². The summed E-state index contributed by atoms with van der Waals surface area (Å²) in [4.78, 5) is 0. The molecule has 0 spiro atoms. The highest BCUT2D eigenvalue weighted by Gasteiger charge is 2.24. The molecule has 1 aliphatic rings. The average Bonchev–Trinajstić information content (AvgIpc) is 2.66. The van der Waals surface area contributed by atoms with Crippen LogP contribution in [-0.2, 0) is 11.3 Å². The van der Waals surface area contributed by atoms with Crippen LogP contribution in [0.15, 0.2) is 18.2 Å². The first kappa shape index (κ1) is 11.6. The van der Waals surface area contributed by atoms with Gasteiger partial charge in [0.15, 0.2) is 0 Å². The van der Waals surface area contributed by atoms with Crippen LogP contribution in [0, 0.1) is 13.8 Å². The largest absolute Gasteiger partial charge is 0.372 e. The molecule has 2 N–H and O–H groups in total. The molecule has 1 aromatic rings. The third-order valence-corrected chi connectivity index (χ3v) is 3.46. The van der Waals surface area contributed by atoms with Crippen molar-refractivity contribution in [1.29, 1.82) is 0 Å². The summed E-state index contributed by atoms with van der Waals surface area (Å²) in [6.45, 7) is 4.95. The minimum atomic E-state index is 0.241. The number of rotatable bonds is 3. The fourth-order valence-corrected chi connectivity index (χ4v) is 2.31. The molecule has 0 radical (unpaired) electrons. The van der Waals surface area contributed by atoms with Crippen molar-refractivity contribution in [3.63, 3.8) is 0 Å². The zero-order chi connectivity index (χ0) is 11.5. The van der Waals surface area contributed by atoms with Gasteiger partial charge in [0, 0.05) is 6.04 Å². The van der Waals surface area contributed by atoms with Crippen molar-refractivity contribution in [2.75, 3.05) is 0 Å². The van der Waals surface area contributed by atoms with Crippen molar-refractivity contribution in [1.82, 2.24) is 0 Å². The molecule has 2 unspecified atom stereocenters. The lowest BCUT2D eigenvalue weighted by Crippen LogP contribution is -2.31. The molecular formula is C14H21NO. The molecule has 2 heteroatoms. The Hall–Kier alpha value is -0.860. The van der Waals surface area contributed by atoms with Gasteiger partial charge in [0.05, 0.1) is 12.7 Å². The summed E-state index contributed by atoms with van der Waals surface area (Å²) in [5, 5.41) is 0. The van der Waals surface area contributed by atoms with Gasteiger partial charge in [0.2, 0.25) is 0 Å². The molecule has 1 aliphatic carbocycles. The van der Waals surface area contributed by atoms with Crippen molar-refractivity contribution in [2.45, 2.75) is 51.9 Å². The molecule has 0 aromatic heterocycles. The highest BCUT2D eigenvalue weighted by Crippen LogP contribution is 2.22. The van der Waals surface area contributed by atoms with Crippen LogP contribution in [0.4, 0.5) is 0 Å². The van der Waals surface area contributed by atoms with Crippen LogP contribution in [0.25, 0.3) is 0 Å². The van der Waals surface area contributed by atoms with Crippen LogP contribution >= 0.6 is 0 Å². The molecule has 2 nitrogen and oxygen atoms in total. The number of nitrogens with two attached hydrogens (primary N) is 1. The number of hydrogen-bond acceptors (Lipinski definition) is 2. The zero-order valence-electron chi connectivity index (χ0n) is 10.2. The summed E-state index contributed by atoms with van der Waals surface area (Å²) >= 11 is 0. The van der Waals surface area contributed by atoms with Gasteiger partial charge < -0.3 is 10.5 Å². The van der Waals surface area contributed by atoms with Gasteiger partial charge >= 0.3 is 0 Å². The van der Waals surface area contributed by atoms with Crippen molar-refractivity contribution in [3.05, 3.63) is 34.9 Å². The lowest BCUT2D eigenvalue weighted by molar-refractivity contribution is 0.0354. The average molecular weight is 219 g/mol. The Morgan fingerprint density at radius 2 is 2.12 bits per heavy atom. The maximum Gasteiger partial charge on any atom is 0.0730 e. The minimum Gasteiger partial charge on any atom is -0.372 e. The van der Waals surface area contributed by atoms with Crippen LogP contribution < -0.4 is 5.73 Å². The molecular weight excluding hydrogens is 198 g/mol. The molecule has 88 valence electrons. The van der Waals surface area contributed by atoms with Gasteiger partial charge in [0.1, 0.15) is 0 Å². The maximum atomic E-state index is 5.99. The van der Waals surface area contributed by atoms with E-state index in [0.29, 0.717) is 6.61 Å². The quantitative estimate of drug-likeness (QED) is 0.848. The van der Waals surface area contributed by atoms with Crippen LogP contribution in [0.2, 0.25) is 0 Å². The van der Waals surface area contributed by atoms with Crippen LogP contribution in [-0.4, -0.2) is 12.1 Å². The third kappa shape index (κ3) is 2.63. The second-order valence-electron chi connectivity index (χ2n) is 4.87. The summed E-state index contributed by atoms with van der Waals surface area (Å²) in [6, 6.07) is 6.74. The first-order valence-corrected chi connectivity index (χ1v) is 6.10. The minimum absolute atomic E-state index is 0.241. The molecule has 2 rings (SSSR count). The van der Waals surface area contributed by atoms with E-state index in [1.54, 1.807) is 0 Å². The number of ether oxygens (including phenoxy) is 1. The maximum absolute atomic E-state index is 5.99. The van der Waals surface area contributed by atoms with Gasteiger partial charge in [-0.2, -0.15) is 0 Å². The lowest BCUT2D eigenvalue weighted by atomic mass is 10.1. The monoisotopic (exact) mass is 219 g/mol. The van der Waals surface area contributed by atoms with Crippen LogP contribution in [0.5, 0.6) is 0 Å². The van der Waals surface area contributed by atoms with E-state index in [0.717, 1.165) is 12.8 Å². The van der Waals surface area contributed by atoms with Gasteiger partial charge in [-0.25, -0.2) is 0 Å². The summed E-state index contributed by atoms with van der Waals surface area (Å²) < 4.78 is 5.91. The first-order chi connectivity index (χ1) is 7.66. The predicted molar refractivity (Wildman–Crippen MR) is 66.3 cm³/mol. The molecule has 0 aliphatic heterocycles. The Bertz CT molecular complexity index is 362. The molecule has 16 heavy (non-hydrogen) atoms. The van der Waals surface area contributed by atoms with Gasteiger partial charge in [-0.15, -0.1) is 0 Å². The highest BCUT2D eigenvalue weighted by atomic mass is 16.5. The van der Waals surface area contributed by atoms with E-state index in [9.17, 15) is 0 Å². The fourth-order valence-electron chi connectivity index (χ4n) is 2.31. The molecule has 2 atom stereocenters. The van der Waals surface area contributed by atoms with Crippen LogP contribution in [0.1, 0.15) is 36.0 Å². The van der Waals surface area contributed by atoms with Crippen molar-refractivity contribution < 1.29 is 4.74 Å². The van der Waals surface area contributed by atoms with Gasteiger partial charge in [-0.05, 0) is 44.2 Å². The van der Waals surface area contributed by atoms with Crippen molar-refractivity contribution in [3.8, 4) is 0 Å².